The van der Waals surface area contributed by atoms with E-state index < -0.39 is 5.92 Å². The second kappa shape index (κ2) is 8.73. The molecule has 5 rings (SSSR count). The van der Waals surface area contributed by atoms with Crippen LogP contribution in [-0.4, -0.2) is 65.8 Å². The highest BCUT2D eigenvalue weighted by atomic mass is 19.3. The van der Waals surface area contributed by atoms with Crippen molar-refractivity contribution < 1.29 is 18.4 Å². The average Bonchev–Trinajstić information content (AvgIpc) is 3.22. The zero-order chi connectivity index (χ0) is 22.3. The van der Waals surface area contributed by atoms with E-state index in [1.807, 2.05) is 6.07 Å². The van der Waals surface area contributed by atoms with E-state index in [2.05, 4.69) is 33.3 Å². The number of piperidine rings is 2. The van der Waals surface area contributed by atoms with E-state index in [1.54, 1.807) is 0 Å². The molecular weight excluding hydrogens is 412 g/mol. The van der Waals surface area contributed by atoms with E-state index in [0.717, 1.165) is 64.7 Å². The zero-order valence-electron chi connectivity index (χ0n) is 18.6. The number of fused-ring (bicyclic) bond motifs is 1. The van der Waals surface area contributed by atoms with Crippen LogP contribution in [0.2, 0.25) is 0 Å². The van der Waals surface area contributed by atoms with Gasteiger partial charge in [0.1, 0.15) is 0 Å². The number of halogens is 2. The number of rotatable bonds is 4. The number of likely N-dealkylation sites (tertiary alicyclic amines) is 2. The second-order valence-electron chi connectivity index (χ2n) is 10.1. The molecule has 1 unspecified atom stereocenters. The molecule has 2 aliphatic carbocycles. The number of aryl methyl sites for hydroxylation is 1. The van der Waals surface area contributed by atoms with Crippen LogP contribution in [0, 0.1) is 5.92 Å². The summed E-state index contributed by atoms with van der Waals surface area (Å²) in [4.78, 5) is 30.1. The topological polar surface area (TPSA) is 52.7 Å². The minimum atomic E-state index is -2.60. The van der Waals surface area contributed by atoms with Crippen molar-refractivity contribution in [3.05, 3.63) is 35.4 Å². The Bertz CT molecular complexity index is 852. The van der Waals surface area contributed by atoms with Crippen molar-refractivity contribution in [2.24, 2.45) is 5.92 Å². The van der Waals surface area contributed by atoms with Gasteiger partial charge in [-0.05, 0) is 62.7 Å². The normalized spacial score (nSPS) is 27.1. The average molecular weight is 446 g/mol. The molecule has 1 aromatic rings. The highest BCUT2D eigenvalue weighted by Gasteiger charge is 2.46. The highest BCUT2D eigenvalue weighted by molar-refractivity contribution is 5.85. The maximum absolute atomic E-state index is 13.1. The molecule has 0 bridgehead atoms. The Labute approximate surface area is 188 Å². The van der Waals surface area contributed by atoms with Crippen LogP contribution in [0.15, 0.2) is 24.3 Å². The minimum Gasteiger partial charge on any atom is -0.353 e. The molecule has 2 aliphatic heterocycles. The molecule has 0 radical (unpaired) electrons. The number of nitrogens with zero attached hydrogens (tertiary/aromatic N) is 2. The van der Waals surface area contributed by atoms with Gasteiger partial charge in [0.05, 0.1) is 5.92 Å². The van der Waals surface area contributed by atoms with E-state index in [0.29, 0.717) is 6.04 Å². The number of amides is 2. The van der Waals surface area contributed by atoms with Crippen LogP contribution in [0.3, 0.4) is 0 Å². The van der Waals surface area contributed by atoms with Crippen molar-refractivity contribution in [3.8, 4) is 0 Å². The largest absolute Gasteiger partial charge is 0.353 e. The summed E-state index contributed by atoms with van der Waals surface area (Å²) >= 11 is 0. The Balaban J connectivity index is 1.06. The molecule has 5 nitrogen and oxygen atoms in total. The Morgan fingerprint density at radius 2 is 1.62 bits per heavy atom. The molecule has 32 heavy (non-hydrogen) atoms. The van der Waals surface area contributed by atoms with Gasteiger partial charge in [-0.1, -0.05) is 24.3 Å². The fourth-order valence-corrected chi connectivity index (χ4v) is 6.09. The molecule has 3 fully saturated rings. The van der Waals surface area contributed by atoms with Gasteiger partial charge in [-0.3, -0.25) is 9.59 Å². The van der Waals surface area contributed by atoms with Crippen LogP contribution in [0.4, 0.5) is 8.78 Å². The van der Waals surface area contributed by atoms with Crippen LogP contribution in [0.5, 0.6) is 0 Å². The highest BCUT2D eigenvalue weighted by Crippen LogP contribution is 2.38. The van der Waals surface area contributed by atoms with Gasteiger partial charge >= 0.3 is 0 Å². The van der Waals surface area contributed by atoms with Crippen molar-refractivity contribution >= 4 is 11.8 Å². The molecule has 0 spiro atoms. The SMILES string of the molecule is O=C(NC1CC(F)(F)C1)C1CCN(C2CCN(C(=O)C3CCc4ccccc43)CC2)CC1. The quantitative estimate of drug-likeness (QED) is 0.774. The fourth-order valence-electron chi connectivity index (χ4n) is 6.09. The van der Waals surface area contributed by atoms with Gasteiger partial charge in [0.25, 0.3) is 5.92 Å². The molecule has 1 aromatic carbocycles. The predicted octanol–water partition coefficient (Wildman–Crippen LogP) is 3.33. The lowest BCUT2D eigenvalue weighted by Crippen LogP contribution is -2.54. The number of nitrogens with one attached hydrogen (secondary N) is 1. The number of hydrogen-bond donors (Lipinski definition) is 1. The van der Waals surface area contributed by atoms with Crippen molar-refractivity contribution in [2.45, 2.75) is 75.3 Å². The molecule has 1 saturated carbocycles. The van der Waals surface area contributed by atoms with Crippen molar-refractivity contribution in [3.63, 3.8) is 0 Å². The molecule has 174 valence electrons. The van der Waals surface area contributed by atoms with Gasteiger partial charge in [-0.25, -0.2) is 8.78 Å². The third kappa shape index (κ3) is 4.41. The first-order chi connectivity index (χ1) is 15.4. The molecule has 2 saturated heterocycles. The maximum atomic E-state index is 13.1. The molecule has 2 heterocycles. The van der Waals surface area contributed by atoms with E-state index in [-0.39, 0.29) is 42.5 Å². The molecule has 4 aliphatic rings. The minimum absolute atomic E-state index is 0.0209. The lowest BCUT2D eigenvalue weighted by Gasteiger charge is -2.42. The maximum Gasteiger partial charge on any atom is 0.252 e. The summed E-state index contributed by atoms with van der Waals surface area (Å²) in [5, 5.41) is 2.81. The molecule has 7 heteroatoms. The molecular formula is C25H33F2N3O2. The molecule has 0 aromatic heterocycles. The Morgan fingerprint density at radius 3 is 2.31 bits per heavy atom. The van der Waals surface area contributed by atoms with Crippen LogP contribution in [0.25, 0.3) is 0 Å². The van der Waals surface area contributed by atoms with Crippen molar-refractivity contribution in [1.29, 1.82) is 0 Å². The lowest BCUT2D eigenvalue weighted by atomic mass is 9.86. The van der Waals surface area contributed by atoms with Crippen LogP contribution >= 0.6 is 0 Å². The Morgan fingerprint density at radius 1 is 0.938 bits per heavy atom. The summed E-state index contributed by atoms with van der Waals surface area (Å²) in [6.07, 6.45) is 5.01. The Hall–Kier alpha value is -2.02. The summed E-state index contributed by atoms with van der Waals surface area (Å²) in [7, 11) is 0. The summed E-state index contributed by atoms with van der Waals surface area (Å²) in [6.45, 7) is 3.35. The standard InChI is InChI=1S/C25H33F2N3O2/c26-25(27)15-19(16-25)28-23(31)18-7-11-29(12-8-18)20-9-13-30(14-10-20)24(32)22-6-5-17-3-1-2-4-21(17)22/h1-4,18-20,22H,5-16H2,(H,28,31). The van der Waals surface area contributed by atoms with E-state index in [4.69, 9.17) is 0 Å². The summed E-state index contributed by atoms with van der Waals surface area (Å²) < 4.78 is 26.0. The summed E-state index contributed by atoms with van der Waals surface area (Å²) in [6, 6.07) is 8.43. The summed E-state index contributed by atoms with van der Waals surface area (Å²) in [5.74, 6) is -2.41. The van der Waals surface area contributed by atoms with Gasteiger partial charge in [-0.15, -0.1) is 0 Å². The fraction of sp³-hybridized carbons (Fsp3) is 0.680. The van der Waals surface area contributed by atoms with Gasteiger partial charge < -0.3 is 15.1 Å². The third-order valence-corrected chi connectivity index (χ3v) is 8.06. The first-order valence-electron chi connectivity index (χ1n) is 12.2. The number of benzene rings is 1. The van der Waals surface area contributed by atoms with Crippen LogP contribution in [0.1, 0.15) is 62.0 Å². The van der Waals surface area contributed by atoms with Crippen LogP contribution in [-0.2, 0) is 16.0 Å². The third-order valence-electron chi connectivity index (χ3n) is 8.06. The predicted molar refractivity (Wildman–Crippen MR) is 118 cm³/mol. The van der Waals surface area contributed by atoms with E-state index in [9.17, 15) is 18.4 Å². The summed E-state index contributed by atoms with van der Waals surface area (Å²) in [5.41, 5.74) is 2.53. The first kappa shape index (κ1) is 21.8. The van der Waals surface area contributed by atoms with E-state index in [1.165, 1.54) is 11.1 Å². The monoisotopic (exact) mass is 445 g/mol. The van der Waals surface area contributed by atoms with Gasteiger partial charge in [-0.2, -0.15) is 0 Å². The van der Waals surface area contributed by atoms with Gasteiger partial charge in [0, 0.05) is 43.9 Å². The Kier molecular flexibility index (Phi) is 5.95. The van der Waals surface area contributed by atoms with Crippen molar-refractivity contribution in [2.75, 3.05) is 26.2 Å². The van der Waals surface area contributed by atoms with Gasteiger partial charge in [0.2, 0.25) is 11.8 Å². The van der Waals surface area contributed by atoms with Crippen LogP contribution < -0.4 is 5.32 Å². The molecule has 1 atom stereocenters. The van der Waals surface area contributed by atoms with Crippen molar-refractivity contribution in [1.82, 2.24) is 15.1 Å². The number of alkyl halides is 2. The number of carbonyl (C=O) groups is 2. The number of hydrogen-bond acceptors (Lipinski definition) is 3. The second-order valence-corrected chi connectivity index (χ2v) is 10.1. The lowest BCUT2D eigenvalue weighted by molar-refractivity contribution is -0.136. The molecule has 2 amide bonds. The van der Waals surface area contributed by atoms with Gasteiger partial charge in [0.15, 0.2) is 0 Å². The zero-order valence-corrected chi connectivity index (χ0v) is 18.6. The first-order valence-corrected chi connectivity index (χ1v) is 12.2. The molecule has 1 N–H and O–H groups in total. The number of carbonyl (C=O) groups excluding carboxylic acids is 2. The smallest absolute Gasteiger partial charge is 0.252 e. The van der Waals surface area contributed by atoms with E-state index >= 15 is 0 Å².